The Balaban J connectivity index is 1.74. The highest BCUT2D eigenvalue weighted by molar-refractivity contribution is 7.09. The number of thiazole rings is 1. The maximum absolute atomic E-state index is 4.33. The molecule has 0 amide bonds. The zero-order chi connectivity index (χ0) is 10.7. The Kier molecular flexibility index (Phi) is 3.76. The van der Waals surface area contributed by atoms with E-state index in [-0.39, 0.29) is 0 Å². The van der Waals surface area contributed by atoms with Crippen molar-refractivity contribution in [1.82, 2.24) is 10.3 Å². The molecular formula is C12H20N2S. The number of rotatable bonds is 4. The molecule has 84 valence electrons. The minimum atomic E-state index is 0.418. The van der Waals surface area contributed by atoms with Crippen LogP contribution in [0.2, 0.25) is 0 Å². The lowest BCUT2D eigenvalue weighted by Crippen LogP contribution is -2.24. The lowest BCUT2D eigenvalue weighted by molar-refractivity contribution is 0.439. The van der Waals surface area contributed by atoms with E-state index in [4.69, 9.17) is 0 Å². The van der Waals surface area contributed by atoms with E-state index in [0.717, 1.165) is 18.4 Å². The van der Waals surface area contributed by atoms with Crippen LogP contribution in [0.5, 0.6) is 0 Å². The smallest absolute Gasteiger partial charge is 0.109 e. The molecule has 2 nitrogen and oxygen atoms in total. The van der Waals surface area contributed by atoms with Gasteiger partial charge in [0, 0.05) is 11.6 Å². The summed E-state index contributed by atoms with van der Waals surface area (Å²) in [5.74, 6) is 1.83. The average molecular weight is 224 g/mol. The van der Waals surface area contributed by atoms with Crippen molar-refractivity contribution in [2.45, 2.75) is 39.2 Å². The van der Waals surface area contributed by atoms with Gasteiger partial charge in [-0.15, -0.1) is 11.3 Å². The van der Waals surface area contributed by atoms with Gasteiger partial charge in [0.25, 0.3) is 0 Å². The first-order valence-corrected chi connectivity index (χ1v) is 6.76. The van der Waals surface area contributed by atoms with Gasteiger partial charge in [-0.3, -0.25) is 0 Å². The predicted octanol–water partition coefficient (Wildman–Crippen LogP) is 3.23. The highest BCUT2D eigenvalue weighted by atomic mass is 32.1. The summed E-state index contributed by atoms with van der Waals surface area (Å²) in [5.41, 5.74) is 0. The van der Waals surface area contributed by atoms with Crippen LogP contribution in [0.3, 0.4) is 0 Å². The Morgan fingerprint density at radius 3 is 3.07 bits per heavy atom. The molecule has 0 aromatic carbocycles. The molecule has 3 heteroatoms. The Hall–Kier alpha value is -0.410. The average Bonchev–Trinajstić information content (AvgIpc) is 2.84. The van der Waals surface area contributed by atoms with E-state index in [2.05, 4.69) is 24.1 Å². The fourth-order valence-corrected chi connectivity index (χ4v) is 3.06. The van der Waals surface area contributed by atoms with Crippen LogP contribution in [0, 0.1) is 11.8 Å². The molecule has 1 aromatic heterocycles. The lowest BCUT2D eigenvalue weighted by atomic mass is 10.1. The van der Waals surface area contributed by atoms with Crippen LogP contribution in [0.25, 0.3) is 0 Å². The number of aromatic nitrogens is 1. The number of hydrogen-bond acceptors (Lipinski definition) is 3. The first kappa shape index (κ1) is 11.1. The van der Waals surface area contributed by atoms with Crippen molar-refractivity contribution in [2.75, 3.05) is 6.54 Å². The zero-order valence-corrected chi connectivity index (χ0v) is 10.4. The standard InChI is InChI=1S/C12H20N2S/c1-9-3-4-11(7-9)8-14-10(2)12-13-5-6-15-12/h5-6,9-11,14H,3-4,7-8H2,1-2H3. The second kappa shape index (κ2) is 5.08. The first-order chi connectivity index (χ1) is 7.25. The van der Waals surface area contributed by atoms with Crippen LogP contribution < -0.4 is 5.32 Å². The molecule has 0 spiro atoms. The first-order valence-electron chi connectivity index (χ1n) is 5.88. The van der Waals surface area contributed by atoms with Gasteiger partial charge in [0.2, 0.25) is 0 Å². The van der Waals surface area contributed by atoms with Crippen LogP contribution in [0.4, 0.5) is 0 Å². The van der Waals surface area contributed by atoms with Crippen molar-refractivity contribution in [2.24, 2.45) is 11.8 Å². The summed E-state index contributed by atoms with van der Waals surface area (Å²) in [6.45, 7) is 5.73. The van der Waals surface area contributed by atoms with Gasteiger partial charge in [0.05, 0.1) is 6.04 Å². The monoisotopic (exact) mass is 224 g/mol. The van der Waals surface area contributed by atoms with E-state index in [1.807, 2.05) is 11.6 Å². The fraction of sp³-hybridized carbons (Fsp3) is 0.750. The molecule has 3 atom stereocenters. The van der Waals surface area contributed by atoms with Gasteiger partial charge in [0.15, 0.2) is 0 Å². The second-order valence-electron chi connectivity index (χ2n) is 4.78. The molecule has 2 rings (SSSR count). The van der Waals surface area contributed by atoms with Crippen molar-refractivity contribution in [3.8, 4) is 0 Å². The van der Waals surface area contributed by atoms with Gasteiger partial charge < -0.3 is 5.32 Å². The Morgan fingerprint density at radius 2 is 2.47 bits per heavy atom. The SMILES string of the molecule is CC1CCC(CNC(C)c2nccs2)C1. The van der Waals surface area contributed by atoms with Crippen molar-refractivity contribution in [3.05, 3.63) is 16.6 Å². The van der Waals surface area contributed by atoms with Crippen molar-refractivity contribution < 1.29 is 0 Å². The van der Waals surface area contributed by atoms with Crippen LogP contribution in [-0.4, -0.2) is 11.5 Å². The number of hydrogen-bond donors (Lipinski definition) is 1. The van der Waals surface area contributed by atoms with Crippen molar-refractivity contribution >= 4 is 11.3 Å². The van der Waals surface area contributed by atoms with Crippen LogP contribution in [-0.2, 0) is 0 Å². The molecule has 1 fully saturated rings. The predicted molar refractivity (Wildman–Crippen MR) is 65.0 cm³/mol. The van der Waals surface area contributed by atoms with Crippen molar-refractivity contribution in [3.63, 3.8) is 0 Å². The normalized spacial score (nSPS) is 28.1. The minimum Gasteiger partial charge on any atom is -0.308 e. The van der Waals surface area contributed by atoms with Crippen LogP contribution in [0.15, 0.2) is 11.6 Å². The zero-order valence-electron chi connectivity index (χ0n) is 9.57. The Labute approximate surface area is 96.1 Å². The van der Waals surface area contributed by atoms with E-state index in [0.29, 0.717) is 6.04 Å². The highest BCUT2D eigenvalue weighted by Gasteiger charge is 2.21. The summed E-state index contributed by atoms with van der Waals surface area (Å²) in [5, 5.41) is 6.85. The Bertz CT molecular complexity index is 284. The minimum absolute atomic E-state index is 0.418. The third-order valence-electron chi connectivity index (χ3n) is 3.34. The van der Waals surface area contributed by atoms with Gasteiger partial charge in [-0.2, -0.15) is 0 Å². The molecule has 3 unspecified atom stereocenters. The largest absolute Gasteiger partial charge is 0.308 e. The molecule has 1 aliphatic rings. The summed E-state index contributed by atoms with van der Waals surface area (Å²) in [7, 11) is 0. The summed E-state index contributed by atoms with van der Waals surface area (Å²) in [6.07, 6.45) is 6.10. The summed E-state index contributed by atoms with van der Waals surface area (Å²) < 4.78 is 0. The highest BCUT2D eigenvalue weighted by Crippen LogP contribution is 2.30. The molecule has 0 saturated heterocycles. The van der Waals surface area contributed by atoms with E-state index in [1.54, 1.807) is 11.3 Å². The van der Waals surface area contributed by atoms with E-state index >= 15 is 0 Å². The molecule has 1 aliphatic carbocycles. The quantitative estimate of drug-likeness (QED) is 0.849. The van der Waals surface area contributed by atoms with E-state index < -0.39 is 0 Å². The molecule has 1 aromatic rings. The van der Waals surface area contributed by atoms with Crippen LogP contribution in [0.1, 0.15) is 44.2 Å². The van der Waals surface area contributed by atoms with E-state index in [9.17, 15) is 0 Å². The van der Waals surface area contributed by atoms with Gasteiger partial charge in [-0.05, 0) is 38.1 Å². The molecule has 0 bridgehead atoms. The van der Waals surface area contributed by atoms with Crippen LogP contribution >= 0.6 is 11.3 Å². The molecule has 1 saturated carbocycles. The Morgan fingerprint density at radius 1 is 1.60 bits per heavy atom. The van der Waals surface area contributed by atoms with Gasteiger partial charge >= 0.3 is 0 Å². The molecule has 0 radical (unpaired) electrons. The fourth-order valence-electron chi connectivity index (χ4n) is 2.39. The van der Waals surface area contributed by atoms with Crippen molar-refractivity contribution in [1.29, 1.82) is 0 Å². The number of nitrogens with zero attached hydrogens (tertiary/aromatic N) is 1. The maximum Gasteiger partial charge on any atom is 0.109 e. The molecule has 1 N–H and O–H groups in total. The third kappa shape index (κ3) is 3.02. The summed E-state index contributed by atoms with van der Waals surface area (Å²) in [6, 6.07) is 0.418. The second-order valence-corrected chi connectivity index (χ2v) is 5.71. The topological polar surface area (TPSA) is 24.9 Å². The van der Waals surface area contributed by atoms with Gasteiger partial charge in [-0.25, -0.2) is 4.98 Å². The summed E-state index contributed by atoms with van der Waals surface area (Å²) >= 11 is 1.74. The van der Waals surface area contributed by atoms with E-state index in [1.165, 1.54) is 24.3 Å². The molecule has 0 aliphatic heterocycles. The maximum atomic E-state index is 4.33. The number of nitrogens with one attached hydrogen (secondary N) is 1. The lowest BCUT2D eigenvalue weighted by Gasteiger charge is -2.15. The molecule has 1 heterocycles. The molecular weight excluding hydrogens is 204 g/mol. The molecule has 15 heavy (non-hydrogen) atoms. The third-order valence-corrected chi connectivity index (χ3v) is 4.30. The van der Waals surface area contributed by atoms with Gasteiger partial charge in [-0.1, -0.05) is 13.3 Å². The van der Waals surface area contributed by atoms with Gasteiger partial charge in [0.1, 0.15) is 5.01 Å². The summed E-state index contributed by atoms with van der Waals surface area (Å²) in [4.78, 5) is 4.33.